The van der Waals surface area contributed by atoms with Crippen molar-refractivity contribution in [1.82, 2.24) is 20.4 Å². The number of rotatable bonds is 7. The van der Waals surface area contributed by atoms with Crippen LogP contribution in [0, 0.1) is 6.92 Å². The smallest absolute Gasteiger partial charge is 0.254 e. The van der Waals surface area contributed by atoms with Gasteiger partial charge in [-0.15, -0.1) is 11.3 Å². The third-order valence-electron chi connectivity index (χ3n) is 5.81. The first-order chi connectivity index (χ1) is 15.9. The van der Waals surface area contributed by atoms with Crippen LogP contribution in [0.5, 0.6) is 5.88 Å². The number of methoxy groups -OCH3 is 1. The second kappa shape index (κ2) is 9.72. The molecule has 0 spiro atoms. The highest BCUT2D eigenvalue weighted by Crippen LogP contribution is 2.28. The summed E-state index contributed by atoms with van der Waals surface area (Å²) in [5.74, 6) is -0.658. The monoisotopic (exact) mass is 470 g/mol. The molecule has 2 amide bonds. The topological polar surface area (TPSA) is 118 Å². The van der Waals surface area contributed by atoms with Crippen LogP contribution in [0.4, 0.5) is 0 Å². The summed E-state index contributed by atoms with van der Waals surface area (Å²) in [6.07, 6.45) is -0.573. The molecule has 2 N–H and O–H groups in total. The molecule has 2 aromatic heterocycles. The van der Waals surface area contributed by atoms with Gasteiger partial charge in [0.25, 0.3) is 5.88 Å². The van der Waals surface area contributed by atoms with Crippen molar-refractivity contribution in [3.8, 4) is 16.3 Å². The summed E-state index contributed by atoms with van der Waals surface area (Å²) in [5.41, 5.74) is 4.83. The Labute approximate surface area is 195 Å². The van der Waals surface area contributed by atoms with Gasteiger partial charge in [-0.25, -0.2) is 4.98 Å². The molecule has 1 aliphatic heterocycles. The Hall–Kier alpha value is -3.24. The number of likely N-dealkylation sites (tertiary alicyclic amines) is 1. The van der Waals surface area contributed by atoms with Gasteiger partial charge in [-0.05, 0) is 30.1 Å². The number of nitrogens with one attached hydrogen (secondary N) is 1. The molecule has 174 valence electrons. The molecule has 3 atom stereocenters. The van der Waals surface area contributed by atoms with Gasteiger partial charge in [0.2, 0.25) is 11.8 Å². The van der Waals surface area contributed by atoms with Gasteiger partial charge in [0.15, 0.2) is 5.76 Å². The predicted octanol–water partition coefficient (Wildman–Crippen LogP) is 2.50. The summed E-state index contributed by atoms with van der Waals surface area (Å²) in [4.78, 5) is 32.8. The van der Waals surface area contributed by atoms with Crippen molar-refractivity contribution in [1.29, 1.82) is 0 Å². The van der Waals surface area contributed by atoms with Gasteiger partial charge in [0.05, 0.1) is 35.2 Å². The van der Waals surface area contributed by atoms with Crippen LogP contribution in [-0.2, 0) is 16.1 Å². The Kier molecular flexibility index (Phi) is 6.75. The predicted molar refractivity (Wildman–Crippen MR) is 122 cm³/mol. The molecule has 1 aromatic carbocycles. The number of amides is 2. The molecule has 9 nitrogen and oxygen atoms in total. The van der Waals surface area contributed by atoms with Crippen molar-refractivity contribution >= 4 is 23.2 Å². The lowest BCUT2D eigenvalue weighted by Gasteiger charge is -2.25. The van der Waals surface area contributed by atoms with Crippen LogP contribution in [-0.4, -0.2) is 57.8 Å². The number of carbonyl (C=O) groups is 2. The van der Waals surface area contributed by atoms with E-state index in [-0.39, 0.29) is 30.7 Å². The highest BCUT2D eigenvalue weighted by molar-refractivity contribution is 7.13. The Morgan fingerprint density at radius 3 is 2.76 bits per heavy atom. The average Bonchev–Trinajstić information content (AvgIpc) is 3.56. The fourth-order valence-corrected chi connectivity index (χ4v) is 4.72. The van der Waals surface area contributed by atoms with Crippen LogP contribution >= 0.6 is 11.3 Å². The van der Waals surface area contributed by atoms with Crippen molar-refractivity contribution in [3.63, 3.8) is 0 Å². The van der Waals surface area contributed by atoms with E-state index < -0.39 is 18.1 Å². The van der Waals surface area contributed by atoms with E-state index in [9.17, 15) is 14.7 Å². The molecule has 3 aromatic rings. The maximum atomic E-state index is 13.1. The molecular weight excluding hydrogens is 444 g/mol. The van der Waals surface area contributed by atoms with Crippen LogP contribution in [0.3, 0.4) is 0 Å². The van der Waals surface area contributed by atoms with Gasteiger partial charge in [0.1, 0.15) is 6.04 Å². The molecule has 33 heavy (non-hydrogen) atoms. The van der Waals surface area contributed by atoms with Crippen molar-refractivity contribution in [2.24, 2.45) is 0 Å². The van der Waals surface area contributed by atoms with Gasteiger partial charge < -0.3 is 24.6 Å². The molecule has 1 fully saturated rings. The molecule has 0 aliphatic carbocycles. The molecule has 3 heterocycles. The number of aryl methyl sites for hydroxylation is 1. The van der Waals surface area contributed by atoms with Crippen LogP contribution in [0.1, 0.15) is 36.3 Å². The van der Waals surface area contributed by atoms with E-state index in [4.69, 9.17) is 9.26 Å². The number of hydrogen-bond acceptors (Lipinski definition) is 8. The first kappa shape index (κ1) is 22.9. The van der Waals surface area contributed by atoms with E-state index in [0.717, 1.165) is 21.7 Å². The average molecular weight is 471 g/mol. The summed E-state index contributed by atoms with van der Waals surface area (Å²) in [5, 5.41) is 16.8. The summed E-state index contributed by atoms with van der Waals surface area (Å²) >= 11 is 1.59. The summed E-state index contributed by atoms with van der Waals surface area (Å²) in [6, 6.07) is 8.72. The Bertz CT molecular complexity index is 1130. The van der Waals surface area contributed by atoms with Gasteiger partial charge in [-0.3, -0.25) is 9.59 Å². The standard InChI is InChI=1S/C23H26N4O5S/c1-13(19-9-20(31-3)26-32-19)23(30)27-11-17(28)8-18(27)22(29)24-10-15-4-6-16(7-5-15)21-14(2)25-12-33-21/h4-7,9,12-13,17-18,28H,8,10-11H2,1-3H3,(H,24,29)/t13?,17-,18+/m1/s1. The van der Waals surface area contributed by atoms with Gasteiger partial charge in [-0.2, -0.15) is 0 Å². The molecule has 1 aliphatic rings. The largest absolute Gasteiger partial charge is 0.479 e. The summed E-state index contributed by atoms with van der Waals surface area (Å²) in [6.45, 7) is 4.07. The number of aliphatic hydroxyl groups excluding tert-OH is 1. The molecule has 1 unspecified atom stereocenters. The zero-order valence-electron chi connectivity index (χ0n) is 18.6. The number of aliphatic hydroxyl groups is 1. The maximum Gasteiger partial charge on any atom is 0.254 e. The van der Waals surface area contributed by atoms with Crippen molar-refractivity contribution in [3.05, 3.63) is 52.9 Å². The fraction of sp³-hybridized carbons (Fsp3) is 0.391. The second-order valence-corrected chi connectivity index (χ2v) is 8.93. The summed E-state index contributed by atoms with van der Waals surface area (Å²) in [7, 11) is 1.46. The van der Waals surface area contributed by atoms with Crippen LogP contribution in [0.15, 0.2) is 40.4 Å². The minimum atomic E-state index is -0.761. The van der Waals surface area contributed by atoms with Crippen LogP contribution in [0.25, 0.3) is 10.4 Å². The highest BCUT2D eigenvalue weighted by Gasteiger charge is 2.41. The quantitative estimate of drug-likeness (QED) is 0.545. The summed E-state index contributed by atoms with van der Waals surface area (Å²) < 4.78 is 10.2. The number of β-amino-alcohol motifs (C(OH)–C–C–N with tert-alkyl or cyclic N) is 1. The molecule has 0 saturated carbocycles. The molecule has 0 radical (unpaired) electrons. The first-order valence-corrected chi connectivity index (χ1v) is 11.5. The lowest BCUT2D eigenvalue weighted by molar-refractivity contribution is -0.139. The van der Waals surface area contributed by atoms with Crippen LogP contribution < -0.4 is 10.1 Å². The Morgan fingerprint density at radius 1 is 1.36 bits per heavy atom. The number of carbonyl (C=O) groups excluding carboxylic acids is 2. The SMILES string of the molecule is COc1cc(C(C)C(=O)N2C[C@H](O)C[C@H]2C(=O)NCc2ccc(-c3scnc3C)cc2)on1. The van der Waals surface area contributed by atoms with Gasteiger partial charge in [-0.1, -0.05) is 24.3 Å². The maximum absolute atomic E-state index is 13.1. The number of benzene rings is 1. The van der Waals surface area contributed by atoms with E-state index in [1.54, 1.807) is 24.3 Å². The third-order valence-corrected chi connectivity index (χ3v) is 6.78. The molecule has 10 heteroatoms. The van der Waals surface area contributed by atoms with E-state index in [1.807, 2.05) is 36.7 Å². The minimum absolute atomic E-state index is 0.0927. The Balaban J connectivity index is 1.39. The normalized spacial score (nSPS) is 18.8. The highest BCUT2D eigenvalue weighted by atomic mass is 32.1. The van der Waals surface area contributed by atoms with E-state index >= 15 is 0 Å². The lowest BCUT2D eigenvalue weighted by atomic mass is 10.1. The van der Waals surface area contributed by atoms with E-state index in [0.29, 0.717) is 12.3 Å². The minimum Gasteiger partial charge on any atom is -0.479 e. The fourth-order valence-electron chi connectivity index (χ4n) is 3.91. The number of thiazole rings is 1. The van der Waals surface area contributed by atoms with Crippen LogP contribution in [0.2, 0.25) is 0 Å². The number of ether oxygens (including phenoxy) is 1. The zero-order valence-corrected chi connectivity index (χ0v) is 19.5. The first-order valence-electron chi connectivity index (χ1n) is 10.6. The number of aromatic nitrogens is 2. The lowest BCUT2D eigenvalue weighted by Crippen LogP contribution is -2.47. The molecule has 0 bridgehead atoms. The molecular formula is C23H26N4O5S. The van der Waals surface area contributed by atoms with Gasteiger partial charge >= 0.3 is 0 Å². The van der Waals surface area contributed by atoms with Gasteiger partial charge in [0, 0.05) is 25.6 Å². The molecule has 1 saturated heterocycles. The number of hydrogen-bond donors (Lipinski definition) is 2. The number of nitrogens with zero attached hydrogens (tertiary/aromatic N) is 3. The van der Waals surface area contributed by atoms with Crippen molar-refractivity contribution < 1.29 is 24.0 Å². The zero-order chi connectivity index (χ0) is 23.5. The van der Waals surface area contributed by atoms with Crippen molar-refractivity contribution in [2.45, 2.75) is 44.9 Å². The Morgan fingerprint density at radius 2 is 2.12 bits per heavy atom. The van der Waals surface area contributed by atoms with Crippen molar-refractivity contribution in [2.75, 3.05) is 13.7 Å². The second-order valence-electron chi connectivity index (χ2n) is 8.07. The van der Waals surface area contributed by atoms with E-state index in [1.165, 1.54) is 12.0 Å². The van der Waals surface area contributed by atoms with E-state index in [2.05, 4.69) is 15.5 Å². The molecule has 4 rings (SSSR count). The third kappa shape index (κ3) is 4.91.